The van der Waals surface area contributed by atoms with Gasteiger partial charge in [-0.2, -0.15) is 0 Å². The lowest BCUT2D eigenvalue weighted by Crippen LogP contribution is -2.15. The van der Waals surface area contributed by atoms with Crippen molar-refractivity contribution >= 4 is 17.0 Å². The van der Waals surface area contributed by atoms with Gasteiger partial charge in [-0.25, -0.2) is 10.8 Å². The van der Waals surface area contributed by atoms with Crippen LogP contribution in [0.2, 0.25) is 0 Å². The SMILES string of the molecule is CC(C)Cn1c(NN)nc2ccccc21. The highest BCUT2D eigenvalue weighted by molar-refractivity contribution is 5.78. The molecule has 3 N–H and O–H groups in total. The molecule has 0 aliphatic heterocycles. The van der Waals surface area contributed by atoms with Crippen LogP contribution in [0.5, 0.6) is 0 Å². The van der Waals surface area contributed by atoms with Crippen molar-refractivity contribution in [3.63, 3.8) is 0 Å². The Morgan fingerprint density at radius 1 is 1.40 bits per heavy atom. The van der Waals surface area contributed by atoms with E-state index in [0.717, 1.165) is 23.5 Å². The minimum absolute atomic E-state index is 0.565. The van der Waals surface area contributed by atoms with E-state index in [2.05, 4.69) is 34.9 Å². The number of nitrogens with one attached hydrogen (secondary N) is 1. The highest BCUT2D eigenvalue weighted by Crippen LogP contribution is 2.20. The average molecular weight is 204 g/mol. The lowest BCUT2D eigenvalue weighted by atomic mass is 10.2. The van der Waals surface area contributed by atoms with E-state index in [0.29, 0.717) is 5.92 Å². The number of hydrazine groups is 1. The van der Waals surface area contributed by atoms with Gasteiger partial charge >= 0.3 is 0 Å². The van der Waals surface area contributed by atoms with Gasteiger partial charge in [-0.15, -0.1) is 0 Å². The number of nitrogens with zero attached hydrogens (tertiary/aromatic N) is 2. The van der Waals surface area contributed by atoms with Gasteiger partial charge in [0.05, 0.1) is 11.0 Å². The Kier molecular flexibility index (Phi) is 2.60. The largest absolute Gasteiger partial charge is 0.309 e. The first-order valence-electron chi connectivity index (χ1n) is 5.14. The molecule has 0 saturated carbocycles. The number of hydrogen-bond donors (Lipinski definition) is 2. The second-order valence-electron chi connectivity index (χ2n) is 4.07. The molecule has 0 amide bonds. The van der Waals surface area contributed by atoms with Gasteiger partial charge in [-0.3, -0.25) is 5.43 Å². The molecule has 0 saturated heterocycles. The zero-order chi connectivity index (χ0) is 10.8. The topological polar surface area (TPSA) is 55.9 Å². The molecule has 0 unspecified atom stereocenters. The quantitative estimate of drug-likeness (QED) is 0.593. The molecule has 0 atom stereocenters. The third-order valence-corrected chi connectivity index (χ3v) is 2.33. The van der Waals surface area contributed by atoms with Gasteiger partial charge in [-0.1, -0.05) is 26.0 Å². The number of benzene rings is 1. The Morgan fingerprint density at radius 2 is 2.13 bits per heavy atom. The molecule has 80 valence electrons. The number of fused-ring (bicyclic) bond motifs is 1. The fraction of sp³-hybridized carbons (Fsp3) is 0.364. The molecule has 0 fully saturated rings. The number of hydrogen-bond acceptors (Lipinski definition) is 3. The van der Waals surface area contributed by atoms with Gasteiger partial charge in [-0.05, 0) is 18.1 Å². The predicted molar refractivity (Wildman–Crippen MR) is 62.4 cm³/mol. The summed E-state index contributed by atoms with van der Waals surface area (Å²) in [6.45, 7) is 5.27. The molecule has 1 aromatic heterocycles. The highest BCUT2D eigenvalue weighted by Gasteiger charge is 2.09. The summed E-state index contributed by atoms with van der Waals surface area (Å²) in [5, 5.41) is 0. The van der Waals surface area contributed by atoms with E-state index < -0.39 is 0 Å². The Labute approximate surface area is 89.1 Å². The first-order chi connectivity index (χ1) is 7.22. The summed E-state index contributed by atoms with van der Waals surface area (Å²) in [5.74, 6) is 6.75. The summed E-state index contributed by atoms with van der Waals surface area (Å²) in [7, 11) is 0. The lowest BCUT2D eigenvalue weighted by molar-refractivity contribution is 0.536. The second-order valence-corrected chi connectivity index (χ2v) is 4.07. The average Bonchev–Trinajstić information content (AvgIpc) is 2.56. The number of para-hydroxylation sites is 2. The van der Waals surface area contributed by atoms with Crippen LogP contribution in [0.3, 0.4) is 0 Å². The predicted octanol–water partition coefficient (Wildman–Crippen LogP) is 1.98. The van der Waals surface area contributed by atoms with Crippen LogP contribution in [-0.2, 0) is 6.54 Å². The molecule has 0 aliphatic carbocycles. The zero-order valence-electron chi connectivity index (χ0n) is 9.07. The normalized spacial score (nSPS) is 11.2. The molecular formula is C11H16N4. The van der Waals surface area contributed by atoms with E-state index in [1.807, 2.05) is 18.2 Å². The first-order valence-corrected chi connectivity index (χ1v) is 5.14. The minimum atomic E-state index is 0.565. The number of rotatable bonds is 3. The lowest BCUT2D eigenvalue weighted by Gasteiger charge is -2.10. The van der Waals surface area contributed by atoms with E-state index in [9.17, 15) is 0 Å². The number of nitrogens with two attached hydrogens (primary N) is 1. The van der Waals surface area contributed by atoms with E-state index in [1.165, 1.54) is 0 Å². The van der Waals surface area contributed by atoms with Gasteiger partial charge in [0, 0.05) is 6.54 Å². The molecule has 15 heavy (non-hydrogen) atoms. The maximum atomic E-state index is 5.46. The maximum absolute atomic E-state index is 5.46. The summed E-state index contributed by atoms with van der Waals surface area (Å²) < 4.78 is 2.11. The van der Waals surface area contributed by atoms with Crippen molar-refractivity contribution in [1.29, 1.82) is 0 Å². The Balaban J connectivity index is 2.56. The molecule has 1 heterocycles. The number of anilines is 1. The molecule has 4 nitrogen and oxygen atoms in total. The van der Waals surface area contributed by atoms with E-state index >= 15 is 0 Å². The molecule has 0 spiro atoms. The van der Waals surface area contributed by atoms with Crippen LogP contribution in [0.25, 0.3) is 11.0 Å². The van der Waals surface area contributed by atoms with Crippen LogP contribution >= 0.6 is 0 Å². The summed E-state index contributed by atoms with van der Waals surface area (Å²) in [6, 6.07) is 8.05. The Morgan fingerprint density at radius 3 is 2.80 bits per heavy atom. The van der Waals surface area contributed by atoms with Crippen LogP contribution in [0, 0.1) is 5.92 Å². The van der Waals surface area contributed by atoms with E-state index in [4.69, 9.17) is 5.84 Å². The summed E-state index contributed by atoms with van der Waals surface area (Å²) in [4.78, 5) is 4.41. The van der Waals surface area contributed by atoms with Crippen LogP contribution in [-0.4, -0.2) is 9.55 Å². The molecule has 0 bridgehead atoms. The third kappa shape index (κ3) is 1.80. The minimum Gasteiger partial charge on any atom is -0.309 e. The van der Waals surface area contributed by atoms with Gasteiger partial charge < -0.3 is 4.57 Å². The van der Waals surface area contributed by atoms with Gasteiger partial charge in [0.25, 0.3) is 0 Å². The monoisotopic (exact) mass is 204 g/mol. The zero-order valence-corrected chi connectivity index (χ0v) is 9.07. The van der Waals surface area contributed by atoms with Crippen LogP contribution in [0.4, 0.5) is 5.95 Å². The fourth-order valence-corrected chi connectivity index (χ4v) is 1.74. The Hall–Kier alpha value is -1.55. The molecule has 4 heteroatoms. The second kappa shape index (κ2) is 3.90. The van der Waals surface area contributed by atoms with Gasteiger partial charge in [0.15, 0.2) is 0 Å². The van der Waals surface area contributed by atoms with Gasteiger partial charge in [0.2, 0.25) is 5.95 Å². The van der Waals surface area contributed by atoms with Crippen molar-refractivity contribution in [3.8, 4) is 0 Å². The molecule has 2 aromatic rings. The first kappa shape index (κ1) is 9.98. The van der Waals surface area contributed by atoms with E-state index in [1.54, 1.807) is 0 Å². The highest BCUT2D eigenvalue weighted by atomic mass is 15.3. The summed E-state index contributed by atoms with van der Waals surface area (Å²) >= 11 is 0. The Bertz CT molecular complexity index is 459. The van der Waals surface area contributed by atoms with Crippen LogP contribution < -0.4 is 11.3 Å². The third-order valence-electron chi connectivity index (χ3n) is 2.33. The van der Waals surface area contributed by atoms with Crippen molar-refractivity contribution in [1.82, 2.24) is 9.55 Å². The molecule has 2 rings (SSSR count). The smallest absolute Gasteiger partial charge is 0.218 e. The number of imidazole rings is 1. The number of nitrogen functional groups attached to an aromatic ring is 1. The van der Waals surface area contributed by atoms with Crippen molar-refractivity contribution in [2.24, 2.45) is 11.8 Å². The molecule has 0 radical (unpaired) electrons. The molecule has 1 aromatic carbocycles. The summed E-state index contributed by atoms with van der Waals surface area (Å²) in [6.07, 6.45) is 0. The van der Waals surface area contributed by atoms with Crippen molar-refractivity contribution in [3.05, 3.63) is 24.3 Å². The van der Waals surface area contributed by atoms with Crippen LogP contribution in [0.15, 0.2) is 24.3 Å². The maximum Gasteiger partial charge on any atom is 0.218 e. The van der Waals surface area contributed by atoms with Crippen molar-refractivity contribution in [2.45, 2.75) is 20.4 Å². The fourth-order valence-electron chi connectivity index (χ4n) is 1.74. The number of aromatic nitrogens is 2. The van der Waals surface area contributed by atoms with Gasteiger partial charge in [0.1, 0.15) is 0 Å². The van der Waals surface area contributed by atoms with Crippen molar-refractivity contribution < 1.29 is 0 Å². The summed E-state index contributed by atoms with van der Waals surface area (Å²) in [5.41, 5.74) is 4.74. The van der Waals surface area contributed by atoms with E-state index in [-0.39, 0.29) is 0 Å². The van der Waals surface area contributed by atoms with Crippen LogP contribution in [0.1, 0.15) is 13.8 Å². The van der Waals surface area contributed by atoms with Crippen molar-refractivity contribution in [2.75, 3.05) is 5.43 Å². The molecule has 0 aliphatic rings. The molecular weight excluding hydrogens is 188 g/mol. The standard InChI is InChI=1S/C11H16N4/c1-8(2)7-15-10-6-4-3-5-9(10)13-11(15)14-12/h3-6,8H,7,12H2,1-2H3,(H,13,14).